The van der Waals surface area contributed by atoms with Crippen molar-refractivity contribution in [3.05, 3.63) is 0 Å². The van der Waals surface area contributed by atoms with Gasteiger partial charge in [0.2, 0.25) is 0 Å². The third-order valence-corrected chi connectivity index (χ3v) is 2.69. The Kier molecular flexibility index (Phi) is 5.27. The van der Waals surface area contributed by atoms with Crippen molar-refractivity contribution in [3.63, 3.8) is 0 Å². The number of hydrogen-bond donors (Lipinski definition) is 0. The number of halogens is 1. The summed E-state index contributed by atoms with van der Waals surface area (Å²) in [6.45, 7) is 3.07. The van der Waals surface area contributed by atoms with Crippen molar-refractivity contribution >= 4 is 27.7 Å². The third kappa shape index (κ3) is 5.07. The molecule has 0 unspecified atom stereocenters. The molecule has 0 aliphatic heterocycles. The van der Waals surface area contributed by atoms with Gasteiger partial charge in [-0.05, 0) is 13.8 Å². The highest BCUT2D eigenvalue weighted by Gasteiger charge is 2.21. The molecule has 0 heterocycles. The van der Waals surface area contributed by atoms with Crippen LogP contribution in [0.5, 0.6) is 0 Å². The minimum atomic E-state index is -3.82. The number of alkyl halides is 1. The van der Waals surface area contributed by atoms with E-state index >= 15 is 0 Å². The van der Waals surface area contributed by atoms with Crippen molar-refractivity contribution in [2.45, 2.75) is 20.0 Å². The Balaban J connectivity index is 4.15. The summed E-state index contributed by atoms with van der Waals surface area (Å²) in [6, 6.07) is 0. The minimum absolute atomic E-state index is 0.174. The second-order valence-corrected chi connectivity index (χ2v) is 4.34. The van der Waals surface area contributed by atoms with Crippen LogP contribution in [-0.2, 0) is 23.8 Å². The van der Waals surface area contributed by atoms with Crippen molar-refractivity contribution < 1.29 is 22.1 Å². The minimum Gasteiger partial charge on any atom is -0.464 e. The van der Waals surface area contributed by atoms with Crippen LogP contribution in [0.2, 0.25) is 0 Å². The number of esters is 1. The van der Waals surface area contributed by atoms with Gasteiger partial charge in [0.05, 0.1) is 6.61 Å². The van der Waals surface area contributed by atoms with E-state index in [1.807, 2.05) is 0 Å². The van der Waals surface area contributed by atoms with Crippen LogP contribution in [-0.4, -0.2) is 32.3 Å². The van der Waals surface area contributed by atoms with Crippen molar-refractivity contribution in [2.75, 3.05) is 11.8 Å². The quantitative estimate of drug-likeness (QED) is 0.390. The van der Waals surface area contributed by atoms with E-state index in [-0.39, 0.29) is 6.61 Å². The summed E-state index contributed by atoms with van der Waals surface area (Å²) in [5.74, 6) is -0.726. The molecule has 0 saturated carbocycles. The van der Waals surface area contributed by atoms with Crippen LogP contribution >= 0.6 is 11.6 Å². The van der Waals surface area contributed by atoms with Crippen LogP contribution in [0.15, 0.2) is 0 Å². The third-order valence-electron chi connectivity index (χ3n) is 1.04. The molecule has 5 nitrogen and oxygen atoms in total. The maximum atomic E-state index is 10.9. The van der Waals surface area contributed by atoms with Gasteiger partial charge in [0.25, 0.3) is 10.1 Å². The molecule has 13 heavy (non-hydrogen) atoms. The highest BCUT2D eigenvalue weighted by Crippen LogP contribution is 2.03. The molecule has 0 aromatic carbocycles. The topological polar surface area (TPSA) is 69.7 Å². The SMILES string of the molecule is CCOC(=O)[C@H](C)OS(=O)(=O)CCl. The van der Waals surface area contributed by atoms with Gasteiger partial charge in [-0.25, -0.2) is 4.79 Å². The normalized spacial score (nSPS) is 13.8. The van der Waals surface area contributed by atoms with E-state index in [0.29, 0.717) is 0 Å². The standard InChI is InChI=1S/C6H11ClO5S/c1-3-11-6(8)5(2)12-13(9,10)4-7/h5H,3-4H2,1-2H3/t5-/m0/s1. The van der Waals surface area contributed by atoms with Gasteiger partial charge in [0.15, 0.2) is 6.10 Å². The molecule has 0 aromatic heterocycles. The summed E-state index contributed by atoms with van der Waals surface area (Å²) in [6.07, 6.45) is -1.15. The lowest BCUT2D eigenvalue weighted by atomic mass is 10.4. The zero-order chi connectivity index (χ0) is 10.5. The number of hydrogen-bond acceptors (Lipinski definition) is 5. The molecule has 0 rings (SSSR count). The van der Waals surface area contributed by atoms with E-state index in [1.54, 1.807) is 6.92 Å². The van der Waals surface area contributed by atoms with Gasteiger partial charge in [0, 0.05) is 0 Å². The Morgan fingerprint density at radius 3 is 2.46 bits per heavy atom. The van der Waals surface area contributed by atoms with Crippen molar-refractivity contribution in [2.24, 2.45) is 0 Å². The lowest BCUT2D eigenvalue weighted by Gasteiger charge is -2.09. The van der Waals surface area contributed by atoms with Gasteiger partial charge in [-0.1, -0.05) is 0 Å². The van der Waals surface area contributed by atoms with Gasteiger partial charge < -0.3 is 4.74 Å². The molecule has 0 fully saturated rings. The Hall–Kier alpha value is -0.330. The van der Waals surface area contributed by atoms with E-state index in [1.165, 1.54) is 6.92 Å². The van der Waals surface area contributed by atoms with Crippen LogP contribution < -0.4 is 0 Å². The largest absolute Gasteiger partial charge is 0.464 e. The molecule has 0 aliphatic carbocycles. The van der Waals surface area contributed by atoms with Crippen LogP contribution in [0.1, 0.15) is 13.8 Å². The van der Waals surface area contributed by atoms with Crippen LogP contribution in [0, 0.1) is 0 Å². The van der Waals surface area contributed by atoms with E-state index in [0.717, 1.165) is 0 Å². The first-order valence-electron chi connectivity index (χ1n) is 3.56. The zero-order valence-electron chi connectivity index (χ0n) is 7.32. The van der Waals surface area contributed by atoms with Gasteiger partial charge >= 0.3 is 5.97 Å². The number of ether oxygens (including phenoxy) is 1. The summed E-state index contributed by atoms with van der Waals surface area (Å²) < 4.78 is 30.4. The van der Waals surface area contributed by atoms with Crippen molar-refractivity contribution in [3.8, 4) is 0 Å². The maximum absolute atomic E-state index is 10.9. The van der Waals surface area contributed by atoms with E-state index in [2.05, 4.69) is 8.92 Å². The first-order valence-corrected chi connectivity index (χ1v) is 5.67. The molecular weight excluding hydrogens is 220 g/mol. The van der Waals surface area contributed by atoms with Gasteiger partial charge in [-0.2, -0.15) is 8.42 Å². The highest BCUT2D eigenvalue weighted by molar-refractivity contribution is 7.87. The first-order chi connectivity index (χ1) is 5.93. The summed E-state index contributed by atoms with van der Waals surface area (Å²) in [7, 11) is -3.82. The molecule has 1 atom stereocenters. The smallest absolute Gasteiger partial charge is 0.336 e. The Bertz CT molecular complexity index is 260. The Labute approximate surface area is 82.1 Å². The molecule has 0 amide bonds. The molecule has 0 bridgehead atoms. The van der Waals surface area contributed by atoms with Gasteiger partial charge in [0.1, 0.15) is 5.21 Å². The summed E-state index contributed by atoms with van der Waals surface area (Å²) in [4.78, 5) is 10.9. The number of carbonyl (C=O) groups is 1. The molecule has 0 N–H and O–H groups in total. The van der Waals surface area contributed by atoms with Crippen LogP contribution in [0.4, 0.5) is 0 Å². The van der Waals surface area contributed by atoms with Crippen LogP contribution in [0.25, 0.3) is 0 Å². The number of carbonyl (C=O) groups excluding carboxylic acids is 1. The van der Waals surface area contributed by atoms with Crippen molar-refractivity contribution in [1.82, 2.24) is 0 Å². The fourth-order valence-electron chi connectivity index (χ4n) is 0.545. The summed E-state index contributed by atoms with van der Waals surface area (Å²) >= 11 is 5.05. The Morgan fingerprint density at radius 2 is 2.08 bits per heavy atom. The fourth-order valence-corrected chi connectivity index (χ4v) is 1.27. The monoisotopic (exact) mass is 230 g/mol. The van der Waals surface area contributed by atoms with Gasteiger partial charge in [-0.3, -0.25) is 4.18 Å². The molecular formula is C6H11ClO5S. The average Bonchev–Trinajstić information content (AvgIpc) is 2.04. The molecule has 0 aromatic rings. The van der Waals surface area contributed by atoms with Crippen molar-refractivity contribution in [1.29, 1.82) is 0 Å². The van der Waals surface area contributed by atoms with E-state index in [9.17, 15) is 13.2 Å². The molecule has 0 radical (unpaired) electrons. The second-order valence-electron chi connectivity index (χ2n) is 2.16. The molecule has 78 valence electrons. The second kappa shape index (κ2) is 5.41. The zero-order valence-corrected chi connectivity index (χ0v) is 8.89. The van der Waals surface area contributed by atoms with E-state index < -0.39 is 27.4 Å². The molecule has 0 spiro atoms. The predicted molar refractivity (Wildman–Crippen MR) is 46.8 cm³/mol. The van der Waals surface area contributed by atoms with Gasteiger partial charge in [-0.15, -0.1) is 11.6 Å². The first kappa shape index (κ1) is 12.7. The summed E-state index contributed by atoms with van der Waals surface area (Å²) in [5.41, 5.74) is 0. The predicted octanol–water partition coefficient (Wildman–Crippen LogP) is 0.481. The van der Waals surface area contributed by atoms with Crippen LogP contribution in [0.3, 0.4) is 0 Å². The lowest BCUT2D eigenvalue weighted by molar-refractivity contribution is -0.150. The lowest BCUT2D eigenvalue weighted by Crippen LogP contribution is -2.26. The summed E-state index contributed by atoms with van der Waals surface area (Å²) in [5, 5.41) is -0.684. The highest BCUT2D eigenvalue weighted by atomic mass is 35.5. The number of rotatable bonds is 5. The van der Waals surface area contributed by atoms with E-state index in [4.69, 9.17) is 11.6 Å². The maximum Gasteiger partial charge on any atom is 0.336 e. The average molecular weight is 231 g/mol. The molecule has 0 saturated heterocycles. The molecule has 7 heteroatoms. The Morgan fingerprint density at radius 1 is 1.54 bits per heavy atom. The fraction of sp³-hybridized carbons (Fsp3) is 0.833. The molecule has 0 aliphatic rings.